The average Bonchev–Trinajstić information content (AvgIpc) is 2.72. The second-order valence-electron chi connectivity index (χ2n) is 3.61. The molecule has 0 aliphatic heterocycles. The lowest BCUT2D eigenvalue weighted by Crippen LogP contribution is -2.06. The topological polar surface area (TPSA) is 50.1 Å². The zero-order valence-electron chi connectivity index (χ0n) is 9.22. The highest BCUT2D eigenvalue weighted by Gasteiger charge is 2.01. The van der Waals surface area contributed by atoms with Crippen LogP contribution >= 0.6 is 0 Å². The summed E-state index contributed by atoms with van der Waals surface area (Å²) < 4.78 is 1.83. The predicted molar refractivity (Wildman–Crippen MR) is 62.9 cm³/mol. The minimum Gasteiger partial charge on any atom is -0.392 e. The van der Waals surface area contributed by atoms with Crippen LogP contribution in [-0.4, -0.2) is 14.9 Å². The third-order valence-electron chi connectivity index (χ3n) is 2.57. The van der Waals surface area contributed by atoms with Crippen LogP contribution in [0.3, 0.4) is 0 Å². The highest BCUT2D eigenvalue weighted by molar-refractivity contribution is 5.50. The van der Waals surface area contributed by atoms with Crippen molar-refractivity contribution in [3.05, 3.63) is 47.8 Å². The van der Waals surface area contributed by atoms with Gasteiger partial charge in [0.1, 0.15) is 0 Å². The second-order valence-corrected chi connectivity index (χ2v) is 3.61. The van der Waals surface area contributed by atoms with Gasteiger partial charge in [-0.05, 0) is 12.1 Å². The van der Waals surface area contributed by atoms with E-state index in [1.807, 2.05) is 42.1 Å². The number of nitrogens with zero attached hydrogens (tertiary/aromatic N) is 2. The molecular formula is C12H15N3O. The smallest absolute Gasteiger partial charge is 0.0701 e. The lowest BCUT2D eigenvalue weighted by atomic mass is 10.2. The number of rotatable bonds is 4. The summed E-state index contributed by atoms with van der Waals surface area (Å²) in [7, 11) is 1.91. The van der Waals surface area contributed by atoms with Crippen LogP contribution in [0.15, 0.2) is 36.5 Å². The molecule has 0 saturated heterocycles. The summed E-state index contributed by atoms with van der Waals surface area (Å²) in [4.78, 5) is 0. The number of hydrogen-bond donors (Lipinski definition) is 2. The molecule has 0 atom stereocenters. The Hall–Kier alpha value is -1.81. The van der Waals surface area contributed by atoms with E-state index in [1.165, 1.54) is 0 Å². The third-order valence-corrected chi connectivity index (χ3v) is 2.57. The van der Waals surface area contributed by atoms with Crippen LogP contribution in [0.5, 0.6) is 0 Å². The molecule has 0 amide bonds. The van der Waals surface area contributed by atoms with Crippen molar-refractivity contribution in [3.63, 3.8) is 0 Å². The van der Waals surface area contributed by atoms with Gasteiger partial charge in [-0.1, -0.05) is 18.2 Å². The first kappa shape index (κ1) is 10.7. The molecule has 2 N–H and O–H groups in total. The van der Waals surface area contributed by atoms with E-state index in [0.29, 0.717) is 6.54 Å². The summed E-state index contributed by atoms with van der Waals surface area (Å²) >= 11 is 0. The first-order chi connectivity index (χ1) is 7.81. The van der Waals surface area contributed by atoms with Crippen LogP contribution in [0.2, 0.25) is 0 Å². The maximum absolute atomic E-state index is 9.17. The largest absolute Gasteiger partial charge is 0.392 e. The van der Waals surface area contributed by atoms with Crippen LogP contribution < -0.4 is 5.32 Å². The monoisotopic (exact) mass is 217 g/mol. The van der Waals surface area contributed by atoms with Gasteiger partial charge in [0.2, 0.25) is 0 Å². The van der Waals surface area contributed by atoms with E-state index < -0.39 is 0 Å². The van der Waals surface area contributed by atoms with Gasteiger partial charge >= 0.3 is 0 Å². The number of anilines is 1. The summed E-state index contributed by atoms with van der Waals surface area (Å²) in [5.41, 5.74) is 2.98. The lowest BCUT2D eigenvalue weighted by molar-refractivity contribution is 0.282. The van der Waals surface area contributed by atoms with Gasteiger partial charge in [0, 0.05) is 24.5 Å². The Balaban J connectivity index is 2.07. The van der Waals surface area contributed by atoms with E-state index in [9.17, 15) is 5.11 Å². The molecule has 0 spiro atoms. The van der Waals surface area contributed by atoms with Gasteiger partial charge in [-0.15, -0.1) is 0 Å². The van der Waals surface area contributed by atoms with Crippen molar-refractivity contribution in [2.24, 2.45) is 7.05 Å². The summed E-state index contributed by atoms with van der Waals surface area (Å²) in [6.07, 6.45) is 1.77. The Kier molecular flexibility index (Phi) is 3.22. The fourth-order valence-corrected chi connectivity index (χ4v) is 1.59. The van der Waals surface area contributed by atoms with Gasteiger partial charge in [-0.2, -0.15) is 5.10 Å². The van der Waals surface area contributed by atoms with Crippen LogP contribution in [0.1, 0.15) is 11.3 Å². The molecule has 0 radical (unpaired) electrons. The fraction of sp³-hybridized carbons (Fsp3) is 0.250. The third kappa shape index (κ3) is 2.23. The van der Waals surface area contributed by atoms with E-state index in [-0.39, 0.29) is 6.61 Å². The standard InChI is InChI=1S/C12H15N3O/c1-15-11(6-7-14-15)8-13-12-5-3-2-4-10(12)9-16/h2-7,13,16H,8-9H2,1H3. The molecule has 0 aliphatic carbocycles. The zero-order chi connectivity index (χ0) is 11.4. The van der Waals surface area contributed by atoms with E-state index in [0.717, 1.165) is 16.9 Å². The van der Waals surface area contributed by atoms with Gasteiger partial charge < -0.3 is 10.4 Å². The van der Waals surface area contributed by atoms with Crippen molar-refractivity contribution in [1.82, 2.24) is 9.78 Å². The van der Waals surface area contributed by atoms with Crippen LogP contribution in [0.4, 0.5) is 5.69 Å². The number of nitrogens with one attached hydrogen (secondary N) is 1. The molecule has 2 aromatic rings. The van der Waals surface area contributed by atoms with Crippen LogP contribution in [-0.2, 0) is 20.2 Å². The molecule has 4 heteroatoms. The van der Waals surface area contributed by atoms with E-state index >= 15 is 0 Å². The first-order valence-corrected chi connectivity index (χ1v) is 5.21. The number of benzene rings is 1. The Labute approximate surface area is 94.5 Å². The average molecular weight is 217 g/mol. The maximum atomic E-state index is 9.17. The molecule has 84 valence electrons. The number of aliphatic hydroxyl groups excluding tert-OH is 1. The van der Waals surface area contributed by atoms with Crippen molar-refractivity contribution in [1.29, 1.82) is 0 Å². The van der Waals surface area contributed by atoms with Gasteiger partial charge in [0.15, 0.2) is 0 Å². The lowest BCUT2D eigenvalue weighted by Gasteiger charge is -2.10. The Bertz CT molecular complexity index is 465. The molecule has 0 aliphatic rings. The predicted octanol–water partition coefficient (Wildman–Crippen LogP) is 1.52. The summed E-state index contributed by atoms with van der Waals surface area (Å²) in [5, 5.41) is 16.6. The molecule has 0 saturated carbocycles. The Morgan fingerprint density at radius 3 is 2.81 bits per heavy atom. The van der Waals surface area contributed by atoms with Crippen LogP contribution in [0.25, 0.3) is 0 Å². The zero-order valence-corrected chi connectivity index (χ0v) is 9.22. The number of aliphatic hydroxyl groups is 1. The Morgan fingerprint density at radius 2 is 2.12 bits per heavy atom. The van der Waals surface area contributed by atoms with E-state index in [4.69, 9.17) is 0 Å². The maximum Gasteiger partial charge on any atom is 0.0701 e. The highest BCUT2D eigenvalue weighted by Crippen LogP contribution is 2.15. The summed E-state index contributed by atoms with van der Waals surface area (Å²) in [6, 6.07) is 9.70. The normalized spacial score (nSPS) is 10.4. The SMILES string of the molecule is Cn1nccc1CNc1ccccc1CO. The van der Waals surface area contributed by atoms with Crippen molar-refractivity contribution >= 4 is 5.69 Å². The minimum atomic E-state index is 0.0502. The quantitative estimate of drug-likeness (QED) is 0.816. The molecule has 16 heavy (non-hydrogen) atoms. The van der Waals surface area contributed by atoms with Gasteiger partial charge in [0.05, 0.1) is 18.8 Å². The number of para-hydroxylation sites is 1. The minimum absolute atomic E-state index is 0.0502. The second kappa shape index (κ2) is 4.81. The number of hydrogen-bond acceptors (Lipinski definition) is 3. The first-order valence-electron chi connectivity index (χ1n) is 5.21. The molecule has 2 rings (SSSR count). The number of aromatic nitrogens is 2. The van der Waals surface area contributed by atoms with E-state index in [2.05, 4.69) is 10.4 Å². The molecule has 0 fully saturated rings. The Morgan fingerprint density at radius 1 is 1.31 bits per heavy atom. The molecule has 1 aromatic heterocycles. The summed E-state index contributed by atoms with van der Waals surface area (Å²) in [6.45, 7) is 0.752. The van der Waals surface area contributed by atoms with Crippen molar-refractivity contribution < 1.29 is 5.11 Å². The van der Waals surface area contributed by atoms with Gasteiger partial charge in [-0.25, -0.2) is 0 Å². The van der Waals surface area contributed by atoms with Gasteiger partial charge in [-0.3, -0.25) is 4.68 Å². The molecule has 1 heterocycles. The molecule has 1 aromatic carbocycles. The van der Waals surface area contributed by atoms with E-state index in [1.54, 1.807) is 6.20 Å². The van der Waals surface area contributed by atoms with Crippen molar-refractivity contribution in [2.75, 3.05) is 5.32 Å². The van der Waals surface area contributed by atoms with Crippen LogP contribution in [0, 0.1) is 0 Å². The van der Waals surface area contributed by atoms with Crippen molar-refractivity contribution in [3.8, 4) is 0 Å². The molecular weight excluding hydrogens is 202 g/mol. The molecule has 0 unspecified atom stereocenters. The molecule has 4 nitrogen and oxygen atoms in total. The number of aryl methyl sites for hydroxylation is 1. The van der Waals surface area contributed by atoms with Crippen molar-refractivity contribution in [2.45, 2.75) is 13.2 Å². The van der Waals surface area contributed by atoms with Gasteiger partial charge in [0.25, 0.3) is 0 Å². The fourth-order valence-electron chi connectivity index (χ4n) is 1.59. The summed E-state index contributed by atoms with van der Waals surface area (Å²) in [5.74, 6) is 0. The molecule has 0 bridgehead atoms. The highest BCUT2D eigenvalue weighted by atomic mass is 16.3.